The third kappa shape index (κ3) is 39.0. The highest BCUT2D eigenvalue weighted by Gasteiger charge is 2.24. The van der Waals surface area contributed by atoms with E-state index < -0.39 is 18.2 Å². The van der Waals surface area contributed by atoms with E-state index in [9.17, 15) is 19.8 Å². The summed E-state index contributed by atoms with van der Waals surface area (Å²) >= 11 is 0. The molecule has 0 fully saturated rings. The molecule has 0 saturated heterocycles. The lowest BCUT2D eigenvalue weighted by Gasteiger charge is -2.24. The fraction of sp³-hybridized carbons (Fsp3) is 0.878. The smallest absolute Gasteiger partial charge is 0.306 e. The van der Waals surface area contributed by atoms with E-state index in [-0.39, 0.29) is 24.9 Å². The number of ether oxygens (including phenoxy) is 1. The van der Waals surface area contributed by atoms with E-state index in [0.29, 0.717) is 19.3 Å². The Balaban J connectivity index is 4.47. The van der Waals surface area contributed by atoms with Crippen molar-refractivity contribution in [2.24, 2.45) is 0 Å². The number of hydrogen-bond donors (Lipinski definition) is 3. The van der Waals surface area contributed by atoms with Crippen LogP contribution in [0.2, 0.25) is 0 Å². The first kappa shape index (κ1) is 53.3. The van der Waals surface area contributed by atoms with Crippen LogP contribution in [0, 0.1) is 0 Å². The van der Waals surface area contributed by atoms with Gasteiger partial charge in [0.2, 0.25) is 5.91 Å². The van der Waals surface area contributed by atoms with Crippen molar-refractivity contribution in [3.05, 3.63) is 24.3 Å². The SMILES string of the molecule is CCCCCCCCC/C=C/C=C/CCCCCCCC(=O)OC(CCCCCCCCCCC)CC(=O)NC(CO)C(O)CCCCCCCCCCC. The molecule has 0 rings (SSSR count). The van der Waals surface area contributed by atoms with Gasteiger partial charge < -0.3 is 20.3 Å². The molecular weight excluding hydrogens is 683 g/mol. The highest BCUT2D eigenvalue weighted by atomic mass is 16.5. The predicted octanol–water partition coefficient (Wildman–Crippen LogP) is 14.0. The summed E-state index contributed by atoms with van der Waals surface area (Å²) in [5, 5.41) is 23.6. The number of aliphatic hydroxyl groups is 2. The summed E-state index contributed by atoms with van der Waals surface area (Å²) < 4.78 is 5.89. The lowest BCUT2D eigenvalue weighted by molar-refractivity contribution is -0.151. The van der Waals surface area contributed by atoms with Crippen LogP contribution in [0.1, 0.15) is 252 Å². The average Bonchev–Trinajstić information content (AvgIpc) is 3.18. The molecule has 3 atom stereocenters. The third-order valence-corrected chi connectivity index (χ3v) is 11.1. The Morgan fingerprint density at radius 1 is 0.527 bits per heavy atom. The summed E-state index contributed by atoms with van der Waals surface area (Å²) in [6, 6.07) is -0.697. The van der Waals surface area contributed by atoms with Gasteiger partial charge in [-0.2, -0.15) is 0 Å². The van der Waals surface area contributed by atoms with E-state index in [1.807, 2.05) is 0 Å². The first-order chi connectivity index (χ1) is 27.0. The Bertz CT molecular complexity index is 873. The maximum absolute atomic E-state index is 13.1. The molecule has 6 heteroatoms. The zero-order valence-electron chi connectivity index (χ0n) is 36.8. The van der Waals surface area contributed by atoms with Gasteiger partial charge in [0.05, 0.1) is 25.2 Å². The average molecular weight is 776 g/mol. The number of nitrogens with one attached hydrogen (secondary N) is 1. The minimum atomic E-state index is -0.783. The zero-order chi connectivity index (χ0) is 40.3. The van der Waals surface area contributed by atoms with Crippen molar-refractivity contribution >= 4 is 11.9 Å². The number of unbranched alkanes of at least 4 members (excludes halogenated alkanes) is 28. The molecule has 55 heavy (non-hydrogen) atoms. The van der Waals surface area contributed by atoms with Gasteiger partial charge in [0.15, 0.2) is 0 Å². The standard InChI is InChI=1S/C49H93NO5/c1-4-7-10-13-16-19-20-21-22-23-24-25-26-27-30-33-36-39-42-49(54)55-45(40-37-34-31-28-17-14-11-8-5-2)43-48(53)50-46(44-51)47(52)41-38-35-32-29-18-15-12-9-6-3/h22-25,45-47,51-52H,4-21,26-44H2,1-3H3,(H,50,53)/b23-22+,25-24+. The molecule has 0 saturated carbocycles. The van der Waals surface area contributed by atoms with Gasteiger partial charge in [-0.05, 0) is 51.4 Å². The van der Waals surface area contributed by atoms with Gasteiger partial charge in [0.1, 0.15) is 6.10 Å². The molecule has 0 aliphatic carbocycles. The van der Waals surface area contributed by atoms with E-state index in [1.165, 1.54) is 148 Å². The summed E-state index contributed by atoms with van der Waals surface area (Å²) in [4.78, 5) is 26.0. The van der Waals surface area contributed by atoms with Crippen molar-refractivity contribution in [3.63, 3.8) is 0 Å². The van der Waals surface area contributed by atoms with Gasteiger partial charge in [-0.15, -0.1) is 0 Å². The second-order valence-electron chi connectivity index (χ2n) is 16.5. The largest absolute Gasteiger partial charge is 0.462 e. The molecule has 0 aromatic heterocycles. The summed E-state index contributed by atoms with van der Waals surface area (Å²) in [6.07, 6.45) is 48.2. The van der Waals surface area contributed by atoms with Crippen molar-refractivity contribution in [3.8, 4) is 0 Å². The fourth-order valence-electron chi connectivity index (χ4n) is 7.36. The summed E-state index contributed by atoms with van der Waals surface area (Å²) in [5.41, 5.74) is 0. The van der Waals surface area contributed by atoms with Crippen LogP contribution >= 0.6 is 0 Å². The van der Waals surface area contributed by atoms with Crippen LogP contribution in [0.25, 0.3) is 0 Å². The van der Waals surface area contributed by atoms with Crippen LogP contribution in [0.3, 0.4) is 0 Å². The lowest BCUT2D eigenvalue weighted by atomic mass is 10.0. The maximum Gasteiger partial charge on any atom is 0.306 e. The van der Waals surface area contributed by atoms with E-state index in [2.05, 4.69) is 50.4 Å². The number of carbonyl (C=O) groups excluding carboxylic acids is 2. The van der Waals surface area contributed by atoms with Gasteiger partial charge in [-0.25, -0.2) is 0 Å². The van der Waals surface area contributed by atoms with Crippen molar-refractivity contribution < 1.29 is 24.5 Å². The topological polar surface area (TPSA) is 95.9 Å². The molecule has 324 valence electrons. The highest BCUT2D eigenvalue weighted by Crippen LogP contribution is 2.18. The van der Waals surface area contributed by atoms with Crippen LogP contribution in [-0.4, -0.2) is 46.9 Å². The number of aliphatic hydroxyl groups excluding tert-OH is 2. The molecule has 0 radical (unpaired) electrons. The molecule has 1 amide bonds. The van der Waals surface area contributed by atoms with Crippen molar-refractivity contribution in [1.82, 2.24) is 5.32 Å². The normalized spacial score (nSPS) is 13.5. The number of carbonyl (C=O) groups is 2. The van der Waals surface area contributed by atoms with Gasteiger partial charge in [0, 0.05) is 6.42 Å². The number of amides is 1. The minimum Gasteiger partial charge on any atom is -0.462 e. The summed E-state index contributed by atoms with van der Waals surface area (Å²) in [6.45, 7) is 6.44. The molecule has 0 bridgehead atoms. The Morgan fingerprint density at radius 2 is 0.909 bits per heavy atom. The second kappa shape index (κ2) is 43.5. The number of rotatable bonds is 43. The fourth-order valence-corrected chi connectivity index (χ4v) is 7.36. The second-order valence-corrected chi connectivity index (χ2v) is 16.5. The monoisotopic (exact) mass is 776 g/mol. The van der Waals surface area contributed by atoms with Crippen LogP contribution in [-0.2, 0) is 14.3 Å². The van der Waals surface area contributed by atoms with Crippen LogP contribution in [0.5, 0.6) is 0 Å². The number of allylic oxidation sites excluding steroid dienone is 4. The molecule has 3 N–H and O–H groups in total. The molecule has 6 nitrogen and oxygen atoms in total. The summed E-state index contributed by atoms with van der Waals surface area (Å²) in [7, 11) is 0. The Labute approximate surface area is 341 Å². The Morgan fingerprint density at radius 3 is 1.35 bits per heavy atom. The number of esters is 1. The molecule has 0 heterocycles. The molecular formula is C49H93NO5. The molecule has 0 aromatic rings. The molecule has 0 aliphatic heterocycles. The molecule has 0 spiro atoms. The zero-order valence-corrected chi connectivity index (χ0v) is 36.8. The molecule has 3 unspecified atom stereocenters. The lowest BCUT2D eigenvalue weighted by Crippen LogP contribution is -2.46. The van der Waals surface area contributed by atoms with E-state index in [1.54, 1.807) is 0 Å². The minimum absolute atomic E-state index is 0.0752. The van der Waals surface area contributed by atoms with Crippen LogP contribution in [0.4, 0.5) is 0 Å². The van der Waals surface area contributed by atoms with Crippen molar-refractivity contribution in [2.75, 3.05) is 6.61 Å². The molecule has 0 aliphatic rings. The van der Waals surface area contributed by atoms with Gasteiger partial charge >= 0.3 is 5.97 Å². The predicted molar refractivity (Wildman–Crippen MR) is 236 cm³/mol. The quantitative estimate of drug-likeness (QED) is 0.0326. The first-order valence-electron chi connectivity index (χ1n) is 24.1. The van der Waals surface area contributed by atoms with E-state index >= 15 is 0 Å². The number of hydrogen-bond acceptors (Lipinski definition) is 5. The first-order valence-corrected chi connectivity index (χ1v) is 24.1. The van der Waals surface area contributed by atoms with Gasteiger partial charge in [0.25, 0.3) is 0 Å². The highest BCUT2D eigenvalue weighted by molar-refractivity contribution is 5.77. The molecule has 0 aromatic carbocycles. The van der Waals surface area contributed by atoms with E-state index in [0.717, 1.165) is 57.8 Å². The Kier molecular flexibility index (Phi) is 42.2. The van der Waals surface area contributed by atoms with Gasteiger partial charge in [-0.1, -0.05) is 212 Å². The van der Waals surface area contributed by atoms with Crippen molar-refractivity contribution in [2.45, 2.75) is 270 Å². The maximum atomic E-state index is 13.1. The Hall–Kier alpha value is -1.66. The third-order valence-electron chi connectivity index (χ3n) is 11.1. The summed E-state index contributed by atoms with van der Waals surface area (Å²) in [5.74, 6) is -0.486. The van der Waals surface area contributed by atoms with E-state index in [4.69, 9.17) is 4.74 Å². The van der Waals surface area contributed by atoms with Gasteiger partial charge in [-0.3, -0.25) is 9.59 Å². The van der Waals surface area contributed by atoms with Crippen molar-refractivity contribution in [1.29, 1.82) is 0 Å². The van der Waals surface area contributed by atoms with Crippen LogP contribution < -0.4 is 5.32 Å². The van der Waals surface area contributed by atoms with Crippen LogP contribution in [0.15, 0.2) is 24.3 Å².